The molecule has 180 valence electrons. The van der Waals surface area contributed by atoms with Gasteiger partial charge in [-0.15, -0.1) is 0 Å². The monoisotopic (exact) mass is 501 g/mol. The number of hydrogen-bond donors (Lipinski definition) is 0. The van der Waals surface area contributed by atoms with Crippen LogP contribution in [0.1, 0.15) is 10.4 Å². The molecule has 3 aromatic heterocycles. The number of amides is 1. The third kappa shape index (κ3) is 4.20. The standard InChI is InChI=1S/C27H21ClFN5O2/c28-21-3-1-2-19(14-21)24-15-25-30-23(18-4-6-22(29)7-5-18)16-26(34(25)31-24)32-9-11-33(12-10-32)27(35)20-8-13-36-17-20/h1-8,13-17H,9-12H2. The second-order valence-corrected chi connectivity index (χ2v) is 9.04. The molecule has 9 heteroatoms. The molecule has 0 atom stereocenters. The fraction of sp³-hybridized carbons (Fsp3) is 0.148. The summed E-state index contributed by atoms with van der Waals surface area (Å²) in [5.41, 5.74) is 4.37. The molecule has 1 saturated heterocycles. The Balaban J connectivity index is 1.38. The summed E-state index contributed by atoms with van der Waals surface area (Å²) in [6, 6.07) is 19.4. The van der Waals surface area contributed by atoms with Crippen LogP contribution in [-0.4, -0.2) is 51.6 Å². The number of rotatable bonds is 4. The van der Waals surface area contributed by atoms with Gasteiger partial charge >= 0.3 is 0 Å². The van der Waals surface area contributed by atoms with E-state index < -0.39 is 0 Å². The maximum Gasteiger partial charge on any atom is 0.257 e. The van der Waals surface area contributed by atoms with Crippen molar-refractivity contribution in [3.05, 3.63) is 95.7 Å². The first-order valence-corrected chi connectivity index (χ1v) is 11.9. The number of carbonyl (C=O) groups excluding carboxylic acids is 1. The van der Waals surface area contributed by atoms with Crippen LogP contribution in [0.5, 0.6) is 0 Å². The predicted molar refractivity (Wildman–Crippen MR) is 136 cm³/mol. The number of halogens is 2. The second kappa shape index (κ2) is 9.13. The van der Waals surface area contributed by atoms with E-state index in [1.54, 1.807) is 18.2 Å². The van der Waals surface area contributed by atoms with E-state index in [1.165, 1.54) is 24.7 Å². The Hall–Kier alpha value is -4.17. The smallest absolute Gasteiger partial charge is 0.257 e. The van der Waals surface area contributed by atoms with Crippen molar-refractivity contribution < 1.29 is 13.6 Å². The van der Waals surface area contributed by atoms with Crippen LogP contribution in [0.15, 0.2) is 83.7 Å². The molecule has 1 fully saturated rings. The Morgan fingerprint density at radius 2 is 1.72 bits per heavy atom. The molecule has 5 aromatic rings. The second-order valence-electron chi connectivity index (χ2n) is 8.61. The van der Waals surface area contributed by atoms with Crippen molar-refractivity contribution in [2.45, 2.75) is 0 Å². The van der Waals surface area contributed by atoms with E-state index in [1.807, 2.05) is 45.8 Å². The summed E-state index contributed by atoms with van der Waals surface area (Å²) in [7, 11) is 0. The fourth-order valence-electron chi connectivity index (χ4n) is 4.45. The minimum atomic E-state index is -0.300. The molecule has 1 amide bonds. The lowest BCUT2D eigenvalue weighted by atomic mass is 10.1. The maximum absolute atomic E-state index is 13.6. The molecule has 0 N–H and O–H groups in total. The first kappa shape index (κ1) is 22.3. The molecule has 0 bridgehead atoms. The van der Waals surface area contributed by atoms with Crippen LogP contribution in [0.3, 0.4) is 0 Å². The van der Waals surface area contributed by atoms with E-state index in [4.69, 9.17) is 26.1 Å². The lowest BCUT2D eigenvalue weighted by Crippen LogP contribution is -2.49. The Bertz CT molecular complexity index is 1540. The molecule has 0 aliphatic carbocycles. The summed E-state index contributed by atoms with van der Waals surface area (Å²) in [6.45, 7) is 2.36. The average Bonchev–Trinajstić information content (AvgIpc) is 3.59. The number of fused-ring (bicyclic) bond motifs is 1. The first-order chi connectivity index (χ1) is 17.5. The predicted octanol–water partition coefficient (Wildman–Crippen LogP) is 5.41. The van der Waals surface area contributed by atoms with Crippen molar-refractivity contribution in [2.75, 3.05) is 31.1 Å². The van der Waals surface area contributed by atoms with Gasteiger partial charge in [-0.05, 0) is 42.5 Å². The molecule has 0 saturated carbocycles. The van der Waals surface area contributed by atoms with Crippen molar-refractivity contribution in [1.82, 2.24) is 19.5 Å². The summed E-state index contributed by atoms with van der Waals surface area (Å²) >= 11 is 6.21. The van der Waals surface area contributed by atoms with Gasteiger partial charge in [-0.1, -0.05) is 23.7 Å². The zero-order valence-corrected chi connectivity index (χ0v) is 19.9. The third-order valence-corrected chi connectivity index (χ3v) is 6.56. The van der Waals surface area contributed by atoms with Crippen LogP contribution in [0.4, 0.5) is 10.2 Å². The van der Waals surface area contributed by atoms with Gasteiger partial charge in [0.05, 0.1) is 23.2 Å². The highest BCUT2D eigenvalue weighted by atomic mass is 35.5. The number of aromatic nitrogens is 3. The first-order valence-electron chi connectivity index (χ1n) is 11.5. The van der Waals surface area contributed by atoms with E-state index in [9.17, 15) is 9.18 Å². The number of furan rings is 1. The van der Waals surface area contributed by atoms with Crippen LogP contribution >= 0.6 is 11.6 Å². The van der Waals surface area contributed by atoms with E-state index in [0.29, 0.717) is 48.1 Å². The van der Waals surface area contributed by atoms with Crippen LogP contribution in [-0.2, 0) is 0 Å². The molecule has 7 nitrogen and oxygen atoms in total. The summed E-state index contributed by atoms with van der Waals surface area (Å²) in [4.78, 5) is 21.6. The van der Waals surface area contributed by atoms with Crippen molar-refractivity contribution in [1.29, 1.82) is 0 Å². The third-order valence-electron chi connectivity index (χ3n) is 6.33. The summed E-state index contributed by atoms with van der Waals surface area (Å²) < 4.78 is 20.4. The van der Waals surface area contributed by atoms with E-state index in [2.05, 4.69) is 4.90 Å². The topological polar surface area (TPSA) is 66.9 Å². The number of benzene rings is 2. The highest BCUT2D eigenvalue weighted by Crippen LogP contribution is 2.29. The maximum atomic E-state index is 13.6. The number of hydrogen-bond acceptors (Lipinski definition) is 5. The molecular weight excluding hydrogens is 481 g/mol. The fourth-order valence-corrected chi connectivity index (χ4v) is 4.64. The van der Waals surface area contributed by atoms with Gasteiger partial charge < -0.3 is 14.2 Å². The normalized spacial score (nSPS) is 13.9. The van der Waals surface area contributed by atoms with Crippen LogP contribution in [0, 0.1) is 5.82 Å². The number of carbonyl (C=O) groups is 1. The number of anilines is 1. The summed E-state index contributed by atoms with van der Waals surface area (Å²) in [5.74, 6) is 0.506. The van der Waals surface area contributed by atoms with Gasteiger partial charge in [0.1, 0.15) is 17.9 Å². The van der Waals surface area contributed by atoms with Crippen molar-refractivity contribution >= 4 is 29.0 Å². The minimum Gasteiger partial charge on any atom is -0.472 e. The molecule has 6 rings (SSSR count). The summed E-state index contributed by atoms with van der Waals surface area (Å²) in [6.07, 6.45) is 2.97. The summed E-state index contributed by atoms with van der Waals surface area (Å²) in [5, 5.41) is 5.47. The van der Waals surface area contributed by atoms with Gasteiger partial charge in [0.15, 0.2) is 5.65 Å². The highest BCUT2D eigenvalue weighted by molar-refractivity contribution is 6.30. The molecule has 0 spiro atoms. The average molecular weight is 502 g/mol. The van der Waals surface area contributed by atoms with Crippen molar-refractivity contribution in [3.8, 4) is 22.5 Å². The Labute approximate surface area is 211 Å². The van der Waals surface area contributed by atoms with E-state index in [-0.39, 0.29) is 11.7 Å². The number of nitrogens with zero attached hydrogens (tertiary/aromatic N) is 5. The van der Waals surface area contributed by atoms with Crippen molar-refractivity contribution in [3.63, 3.8) is 0 Å². The molecule has 36 heavy (non-hydrogen) atoms. The molecule has 0 radical (unpaired) electrons. The van der Waals surface area contributed by atoms with E-state index in [0.717, 1.165) is 22.6 Å². The van der Waals surface area contributed by atoms with Gasteiger partial charge in [-0.2, -0.15) is 9.61 Å². The molecule has 1 aliphatic heterocycles. The number of piperazine rings is 1. The van der Waals surface area contributed by atoms with Gasteiger partial charge in [-0.25, -0.2) is 9.37 Å². The molecular formula is C27H21ClFN5O2. The van der Waals surface area contributed by atoms with Crippen LogP contribution in [0.25, 0.3) is 28.2 Å². The molecule has 4 heterocycles. The molecule has 1 aliphatic rings. The Kier molecular flexibility index (Phi) is 5.65. The Morgan fingerprint density at radius 3 is 2.44 bits per heavy atom. The minimum absolute atomic E-state index is 0.0439. The molecule has 0 unspecified atom stereocenters. The zero-order valence-electron chi connectivity index (χ0n) is 19.1. The van der Waals surface area contributed by atoms with Gasteiger partial charge in [-0.3, -0.25) is 4.79 Å². The SMILES string of the molecule is O=C(c1ccoc1)N1CCN(c2cc(-c3ccc(F)cc3)nc3cc(-c4cccc(Cl)c4)nn23)CC1. The van der Waals surface area contributed by atoms with Crippen LogP contribution in [0.2, 0.25) is 5.02 Å². The van der Waals surface area contributed by atoms with Gasteiger partial charge in [0, 0.05) is 54.5 Å². The highest BCUT2D eigenvalue weighted by Gasteiger charge is 2.25. The lowest BCUT2D eigenvalue weighted by molar-refractivity contribution is 0.0745. The quantitative estimate of drug-likeness (QED) is 0.329. The van der Waals surface area contributed by atoms with Gasteiger partial charge in [0.2, 0.25) is 0 Å². The lowest BCUT2D eigenvalue weighted by Gasteiger charge is -2.36. The van der Waals surface area contributed by atoms with Gasteiger partial charge in [0.25, 0.3) is 5.91 Å². The Morgan fingerprint density at radius 1 is 0.917 bits per heavy atom. The molecule has 2 aromatic carbocycles. The van der Waals surface area contributed by atoms with Crippen molar-refractivity contribution in [2.24, 2.45) is 0 Å². The zero-order chi connectivity index (χ0) is 24.6. The van der Waals surface area contributed by atoms with Crippen LogP contribution < -0.4 is 4.90 Å². The largest absolute Gasteiger partial charge is 0.472 e. The van der Waals surface area contributed by atoms with E-state index >= 15 is 0 Å².